The van der Waals surface area contributed by atoms with Gasteiger partial charge in [-0.25, -0.2) is 21.6 Å². The highest BCUT2D eigenvalue weighted by Crippen LogP contribution is 2.35. The molecule has 0 heterocycles. The van der Waals surface area contributed by atoms with E-state index in [1.165, 1.54) is 6.07 Å². The van der Waals surface area contributed by atoms with Crippen LogP contribution in [0, 0.1) is 0 Å². The number of esters is 1. The molecule has 0 amide bonds. The van der Waals surface area contributed by atoms with Crippen molar-refractivity contribution in [3.8, 4) is 23.0 Å². The first-order chi connectivity index (χ1) is 17.5. The lowest BCUT2D eigenvalue weighted by Crippen LogP contribution is -2.23. The van der Waals surface area contributed by atoms with E-state index in [0.717, 1.165) is 43.5 Å². The third-order valence-corrected chi connectivity index (χ3v) is 7.65. The molecule has 8 nitrogen and oxygen atoms in total. The van der Waals surface area contributed by atoms with Gasteiger partial charge in [0.25, 0.3) is 19.7 Å². The van der Waals surface area contributed by atoms with Crippen LogP contribution in [0.25, 0.3) is 0 Å². The lowest BCUT2D eigenvalue weighted by Gasteiger charge is -2.13. The van der Waals surface area contributed by atoms with Crippen molar-refractivity contribution in [1.29, 1.82) is 0 Å². The highest BCUT2D eigenvalue weighted by molar-refractivity contribution is 7.92. The van der Waals surface area contributed by atoms with Crippen LogP contribution in [-0.2, 0) is 24.4 Å². The molecule has 0 saturated carbocycles. The Balaban J connectivity index is 1.90. The van der Waals surface area contributed by atoms with E-state index in [1.807, 2.05) is 0 Å². The molecule has 0 aliphatic carbocycles. The van der Waals surface area contributed by atoms with E-state index in [4.69, 9.17) is 9.47 Å². The zero-order chi connectivity index (χ0) is 28.5. The van der Waals surface area contributed by atoms with Crippen LogP contribution in [0.3, 0.4) is 0 Å². The van der Waals surface area contributed by atoms with Crippen LogP contribution in [0.2, 0.25) is 0 Å². The molecule has 0 unspecified atom stereocenters. The van der Waals surface area contributed by atoms with Crippen molar-refractivity contribution < 1.29 is 62.2 Å². The number of alkyl halides is 6. The number of halogens is 6. The molecule has 0 aromatic heterocycles. The van der Waals surface area contributed by atoms with E-state index in [-0.39, 0.29) is 28.6 Å². The lowest BCUT2D eigenvalue weighted by atomic mass is 10.2. The van der Waals surface area contributed by atoms with Crippen LogP contribution in [0.15, 0.2) is 76.5 Å². The standard InChI is InChI=1S/C22H14F6O8S2/c1-34-20(29)13-10-16(35-14-2-6-18(7-3-14)37(30,31)21(23,24)25)12-17(11-13)36-15-4-8-19(9-5-15)38(32,33)22(26,27)28/h2-12H,1H3. The van der Waals surface area contributed by atoms with E-state index >= 15 is 0 Å². The van der Waals surface area contributed by atoms with Gasteiger partial charge in [0.05, 0.1) is 22.5 Å². The minimum Gasteiger partial charge on any atom is -0.465 e. The first-order valence-corrected chi connectivity index (χ1v) is 12.8. The SMILES string of the molecule is COC(=O)c1cc(Oc2ccc(S(=O)(=O)C(F)(F)F)cc2)cc(Oc2ccc(S(=O)(=O)C(F)(F)F)cc2)c1. The number of hydrogen-bond donors (Lipinski definition) is 0. The number of methoxy groups -OCH3 is 1. The van der Waals surface area contributed by atoms with E-state index in [9.17, 15) is 48.0 Å². The summed E-state index contributed by atoms with van der Waals surface area (Å²) in [7, 11) is -10.1. The van der Waals surface area contributed by atoms with Gasteiger partial charge in [0, 0.05) is 6.07 Å². The zero-order valence-electron chi connectivity index (χ0n) is 18.7. The Hall–Kier alpha value is -3.79. The molecular weight excluding hydrogens is 570 g/mol. The second-order valence-corrected chi connectivity index (χ2v) is 11.1. The van der Waals surface area contributed by atoms with Crippen LogP contribution in [0.1, 0.15) is 10.4 Å². The van der Waals surface area contributed by atoms with E-state index in [2.05, 4.69) is 4.74 Å². The minimum absolute atomic E-state index is 0.120. The van der Waals surface area contributed by atoms with Gasteiger partial charge >= 0.3 is 17.0 Å². The van der Waals surface area contributed by atoms with E-state index in [0.29, 0.717) is 24.3 Å². The monoisotopic (exact) mass is 584 g/mol. The molecule has 0 aliphatic heterocycles. The molecule has 0 spiro atoms. The molecule has 3 aromatic carbocycles. The predicted molar refractivity (Wildman–Crippen MR) is 117 cm³/mol. The van der Waals surface area contributed by atoms with Gasteiger partial charge in [-0.05, 0) is 60.7 Å². The Kier molecular flexibility index (Phi) is 7.70. The number of sulfone groups is 2. The Morgan fingerprint density at radius 3 is 1.24 bits per heavy atom. The first kappa shape index (κ1) is 28.8. The molecule has 38 heavy (non-hydrogen) atoms. The first-order valence-electron chi connectivity index (χ1n) is 9.87. The molecule has 0 saturated heterocycles. The van der Waals surface area contributed by atoms with Gasteiger partial charge in [0.15, 0.2) is 0 Å². The number of hydrogen-bond acceptors (Lipinski definition) is 8. The van der Waals surface area contributed by atoms with Crippen LogP contribution >= 0.6 is 0 Å². The van der Waals surface area contributed by atoms with Crippen molar-refractivity contribution in [3.63, 3.8) is 0 Å². The number of benzene rings is 3. The minimum atomic E-state index is -5.59. The van der Waals surface area contributed by atoms with Crippen molar-refractivity contribution in [3.05, 3.63) is 72.3 Å². The zero-order valence-corrected chi connectivity index (χ0v) is 20.3. The average Bonchev–Trinajstić information content (AvgIpc) is 2.82. The topological polar surface area (TPSA) is 113 Å². The summed E-state index contributed by atoms with van der Waals surface area (Å²) >= 11 is 0. The summed E-state index contributed by atoms with van der Waals surface area (Å²) in [6.45, 7) is 0. The van der Waals surface area contributed by atoms with Gasteiger partial charge in [-0.3, -0.25) is 0 Å². The Morgan fingerprint density at radius 2 is 0.947 bits per heavy atom. The maximum atomic E-state index is 12.7. The van der Waals surface area contributed by atoms with Crippen molar-refractivity contribution >= 4 is 25.6 Å². The van der Waals surface area contributed by atoms with Crippen molar-refractivity contribution in [1.82, 2.24) is 0 Å². The second-order valence-electron chi connectivity index (χ2n) is 7.23. The molecule has 3 aromatic rings. The second kappa shape index (κ2) is 10.2. The average molecular weight is 584 g/mol. The number of carbonyl (C=O) groups is 1. The summed E-state index contributed by atoms with van der Waals surface area (Å²) in [5.41, 5.74) is -11.1. The molecule has 16 heteroatoms. The summed E-state index contributed by atoms with van der Waals surface area (Å²) in [6, 6.07) is 9.91. The fourth-order valence-corrected chi connectivity index (χ4v) is 4.36. The van der Waals surface area contributed by atoms with Gasteiger partial charge in [-0.2, -0.15) is 26.3 Å². The van der Waals surface area contributed by atoms with Crippen molar-refractivity contribution in [2.45, 2.75) is 20.8 Å². The van der Waals surface area contributed by atoms with E-state index in [1.54, 1.807) is 0 Å². The van der Waals surface area contributed by atoms with Gasteiger partial charge in [0.1, 0.15) is 23.0 Å². The Morgan fingerprint density at radius 1 is 0.605 bits per heavy atom. The number of carbonyl (C=O) groups excluding carboxylic acids is 1. The quantitative estimate of drug-likeness (QED) is 0.259. The smallest absolute Gasteiger partial charge is 0.465 e. The molecule has 0 N–H and O–H groups in total. The normalized spacial score (nSPS) is 12.6. The third kappa shape index (κ3) is 6.02. The van der Waals surface area contributed by atoms with Gasteiger partial charge < -0.3 is 14.2 Å². The fraction of sp³-hybridized carbons (Fsp3) is 0.136. The number of rotatable bonds is 7. The lowest BCUT2D eigenvalue weighted by molar-refractivity contribution is -0.0442. The van der Waals surface area contributed by atoms with Crippen LogP contribution in [0.5, 0.6) is 23.0 Å². The molecule has 3 rings (SSSR count). The Labute approximate surface area is 211 Å². The molecule has 0 atom stereocenters. The number of ether oxygens (including phenoxy) is 3. The maximum Gasteiger partial charge on any atom is 0.501 e. The molecule has 204 valence electrons. The summed E-state index contributed by atoms with van der Waals surface area (Å²) in [5.74, 6) is -1.35. The van der Waals surface area contributed by atoms with Crippen molar-refractivity contribution in [2.24, 2.45) is 0 Å². The summed E-state index contributed by atoms with van der Waals surface area (Å²) < 4.78 is 138. The van der Waals surface area contributed by atoms with Crippen LogP contribution in [0.4, 0.5) is 26.3 Å². The molecule has 0 aliphatic rings. The van der Waals surface area contributed by atoms with Crippen molar-refractivity contribution in [2.75, 3.05) is 7.11 Å². The van der Waals surface area contributed by atoms with Gasteiger partial charge in [0.2, 0.25) is 0 Å². The van der Waals surface area contributed by atoms with Crippen LogP contribution < -0.4 is 9.47 Å². The summed E-state index contributed by atoms with van der Waals surface area (Å²) in [6.07, 6.45) is 0. The summed E-state index contributed by atoms with van der Waals surface area (Å²) in [4.78, 5) is 9.99. The van der Waals surface area contributed by atoms with Crippen LogP contribution in [-0.4, -0.2) is 40.9 Å². The largest absolute Gasteiger partial charge is 0.501 e. The highest BCUT2D eigenvalue weighted by Gasteiger charge is 2.47. The third-order valence-electron chi connectivity index (χ3n) is 4.65. The highest BCUT2D eigenvalue weighted by atomic mass is 32.2. The molecule has 0 fully saturated rings. The summed E-state index contributed by atoms with van der Waals surface area (Å²) in [5, 5.41) is 0. The molecule has 0 bridgehead atoms. The molecule has 0 radical (unpaired) electrons. The predicted octanol–water partition coefficient (Wildman–Crippen LogP) is 5.64. The Bertz CT molecular complexity index is 1440. The van der Waals surface area contributed by atoms with Gasteiger partial charge in [-0.1, -0.05) is 0 Å². The fourth-order valence-electron chi connectivity index (χ4n) is 2.84. The maximum absolute atomic E-state index is 12.7. The van der Waals surface area contributed by atoms with E-state index < -0.39 is 46.5 Å². The van der Waals surface area contributed by atoms with Gasteiger partial charge in [-0.15, -0.1) is 0 Å². The molecular formula is C22H14F6O8S2.